The molecule has 0 spiro atoms. The summed E-state index contributed by atoms with van der Waals surface area (Å²) in [6.07, 6.45) is 5.29. The number of hydrogen-bond donors (Lipinski definition) is 1. The third-order valence-electron chi connectivity index (χ3n) is 4.25. The molecule has 3 rings (SSSR count). The van der Waals surface area contributed by atoms with Crippen LogP contribution in [0, 0.1) is 0 Å². The van der Waals surface area contributed by atoms with E-state index in [-0.39, 0.29) is 0 Å². The van der Waals surface area contributed by atoms with Gasteiger partial charge >= 0.3 is 0 Å². The zero-order valence-electron chi connectivity index (χ0n) is 12.7. The molecule has 22 heavy (non-hydrogen) atoms. The van der Waals surface area contributed by atoms with E-state index in [1.807, 2.05) is 36.4 Å². The summed E-state index contributed by atoms with van der Waals surface area (Å²) in [7, 11) is 0. The van der Waals surface area contributed by atoms with Gasteiger partial charge in [0.2, 0.25) is 0 Å². The Morgan fingerprint density at radius 1 is 0.955 bits per heavy atom. The van der Waals surface area contributed by atoms with Gasteiger partial charge in [0.15, 0.2) is 0 Å². The first-order valence-electron chi connectivity index (χ1n) is 8.00. The van der Waals surface area contributed by atoms with E-state index >= 15 is 0 Å². The van der Waals surface area contributed by atoms with Crippen LogP contribution in [0.5, 0.6) is 5.75 Å². The third kappa shape index (κ3) is 4.02. The highest BCUT2D eigenvalue weighted by Gasteiger charge is 2.14. The molecule has 0 unspecified atom stereocenters. The van der Waals surface area contributed by atoms with Crippen molar-refractivity contribution in [1.29, 1.82) is 0 Å². The molecule has 0 bridgehead atoms. The van der Waals surface area contributed by atoms with Gasteiger partial charge in [-0.05, 0) is 25.0 Å². The van der Waals surface area contributed by atoms with Gasteiger partial charge in [0, 0.05) is 28.7 Å². The van der Waals surface area contributed by atoms with Gasteiger partial charge in [-0.3, -0.25) is 0 Å². The fourth-order valence-corrected chi connectivity index (χ4v) is 3.14. The molecule has 3 heteroatoms. The van der Waals surface area contributed by atoms with Crippen LogP contribution in [0.2, 0.25) is 5.02 Å². The maximum absolute atomic E-state index is 6.19. The van der Waals surface area contributed by atoms with Crippen LogP contribution in [-0.2, 0) is 13.2 Å². The third-order valence-corrected chi connectivity index (χ3v) is 4.62. The molecule has 2 aromatic carbocycles. The lowest BCUT2D eigenvalue weighted by Gasteiger charge is -2.15. The van der Waals surface area contributed by atoms with Gasteiger partial charge < -0.3 is 10.1 Å². The van der Waals surface area contributed by atoms with E-state index in [1.165, 1.54) is 31.2 Å². The molecular weight excluding hydrogens is 294 g/mol. The molecule has 116 valence electrons. The highest BCUT2D eigenvalue weighted by molar-refractivity contribution is 6.31. The first-order chi connectivity index (χ1) is 10.8. The second-order valence-electron chi connectivity index (χ2n) is 5.85. The minimum Gasteiger partial charge on any atom is -0.489 e. The number of halogens is 1. The lowest BCUT2D eigenvalue weighted by atomic mass is 10.1. The number of hydrogen-bond acceptors (Lipinski definition) is 2. The molecule has 2 nitrogen and oxygen atoms in total. The molecule has 0 amide bonds. The van der Waals surface area contributed by atoms with Crippen LogP contribution in [-0.4, -0.2) is 6.04 Å². The van der Waals surface area contributed by atoms with E-state index in [0.29, 0.717) is 12.6 Å². The van der Waals surface area contributed by atoms with E-state index in [1.54, 1.807) is 0 Å². The molecule has 0 aromatic heterocycles. The van der Waals surface area contributed by atoms with Gasteiger partial charge in [-0.25, -0.2) is 0 Å². The van der Waals surface area contributed by atoms with Crippen LogP contribution in [0.15, 0.2) is 48.5 Å². The van der Waals surface area contributed by atoms with Gasteiger partial charge in [-0.2, -0.15) is 0 Å². The van der Waals surface area contributed by atoms with Crippen LogP contribution in [0.3, 0.4) is 0 Å². The molecule has 1 aliphatic carbocycles. The number of ether oxygens (including phenoxy) is 1. The SMILES string of the molecule is Clc1ccccc1COc1ccccc1CNC1CCCC1. The first-order valence-corrected chi connectivity index (χ1v) is 8.38. The zero-order chi connectivity index (χ0) is 15.2. The van der Waals surface area contributed by atoms with E-state index in [9.17, 15) is 0 Å². The normalized spacial score (nSPS) is 15.1. The Morgan fingerprint density at radius 2 is 1.64 bits per heavy atom. The average molecular weight is 316 g/mol. The maximum Gasteiger partial charge on any atom is 0.124 e. The number of para-hydroxylation sites is 1. The van der Waals surface area contributed by atoms with Crippen molar-refractivity contribution in [3.63, 3.8) is 0 Å². The molecule has 1 saturated carbocycles. The Kier molecular flexibility index (Phi) is 5.36. The fraction of sp³-hybridized carbons (Fsp3) is 0.368. The highest BCUT2D eigenvalue weighted by atomic mass is 35.5. The summed E-state index contributed by atoms with van der Waals surface area (Å²) in [4.78, 5) is 0. The van der Waals surface area contributed by atoms with Gasteiger partial charge in [0.25, 0.3) is 0 Å². The topological polar surface area (TPSA) is 21.3 Å². The summed E-state index contributed by atoms with van der Waals surface area (Å²) < 4.78 is 5.99. The summed E-state index contributed by atoms with van der Waals surface area (Å²) in [5.74, 6) is 0.938. The summed E-state index contributed by atoms with van der Waals surface area (Å²) in [6.45, 7) is 1.36. The lowest BCUT2D eigenvalue weighted by molar-refractivity contribution is 0.301. The Morgan fingerprint density at radius 3 is 2.41 bits per heavy atom. The van der Waals surface area contributed by atoms with Crippen molar-refractivity contribution in [2.75, 3.05) is 0 Å². The van der Waals surface area contributed by atoms with Gasteiger partial charge in [0.05, 0.1) is 0 Å². The molecule has 1 aliphatic rings. The van der Waals surface area contributed by atoms with Crippen molar-refractivity contribution in [2.24, 2.45) is 0 Å². The summed E-state index contributed by atoms with van der Waals surface area (Å²) in [5, 5.41) is 4.40. The molecule has 1 fully saturated rings. The van der Waals surface area contributed by atoms with Crippen LogP contribution >= 0.6 is 11.6 Å². The molecule has 0 radical (unpaired) electrons. The lowest BCUT2D eigenvalue weighted by Crippen LogP contribution is -2.25. The van der Waals surface area contributed by atoms with E-state index in [4.69, 9.17) is 16.3 Å². The van der Waals surface area contributed by atoms with Crippen molar-refractivity contribution in [2.45, 2.75) is 44.9 Å². The smallest absolute Gasteiger partial charge is 0.124 e. The van der Waals surface area contributed by atoms with E-state index in [0.717, 1.165) is 22.9 Å². The second-order valence-corrected chi connectivity index (χ2v) is 6.26. The Labute approximate surface area is 137 Å². The maximum atomic E-state index is 6.19. The van der Waals surface area contributed by atoms with Crippen molar-refractivity contribution in [1.82, 2.24) is 5.32 Å². The highest BCUT2D eigenvalue weighted by Crippen LogP contribution is 2.23. The average Bonchev–Trinajstić information content (AvgIpc) is 3.06. The van der Waals surface area contributed by atoms with Crippen LogP contribution in [0.25, 0.3) is 0 Å². The zero-order valence-corrected chi connectivity index (χ0v) is 13.5. The monoisotopic (exact) mass is 315 g/mol. The molecule has 2 aromatic rings. The Hall–Kier alpha value is -1.51. The Bertz CT molecular complexity index is 608. The predicted molar refractivity (Wildman–Crippen MR) is 91.3 cm³/mol. The summed E-state index contributed by atoms with van der Waals surface area (Å²) in [5.41, 5.74) is 2.23. The number of benzene rings is 2. The van der Waals surface area contributed by atoms with Crippen molar-refractivity contribution < 1.29 is 4.74 Å². The predicted octanol–water partition coefficient (Wildman–Crippen LogP) is 4.95. The molecule has 0 aliphatic heterocycles. The summed E-state index contributed by atoms with van der Waals surface area (Å²) in [6, 6.07) is 16.7. The first kappa shape index (κ1) is 15.4. The number of nitrogens with one attached hydrogen (secondary N) is 1. The van der Waals surface area contributed by atoms with Gasteiger partial charge in [-0.1, -0.05) is 60.8 Å². The molecule has 0 heterocycles. The minimum atomic E-state index is 0.500. The largest absolute Gasteiger partial charge is 0.489 e. The molecular formula is C19H22ClNO. The van der Waals surface area contributed by atoms with Crippen LogP contribution < -0.4 is 10.1 Å². The quantitative estimate of drug-likeness (QED) is 0.814. The van der Waals surface area contributed by atoms with Crippen LogP contribution in [0.4, 0.5) is 0 Å². The van der Waals surface area contributed by atoms with E-state index in [2.05, 4.69) is 17.4 Å². The number of rotatable bonds is 6. The van der Waals surface area contributed by atoms with E-state index < -0.39 is 0 Å². The second kappa shape index (κ2) is 7.66. The van der Waals surface area contributed by atoms with Crippen molar-refractivity contribution in [3.8, 4) is 5.75 Å². The van der Waals surface area contributed by atoms with Gasteiger partial charge in [-0.15, -0.1) is 0 Å². The Balaban J connectivity index is 1.62. The summed E-state index contributed by atoms with van der Waals surface area (Å²) >= 11 is 6.19. The van der Waals surface area contributed by atoms with Gasteiger partial charge in [0.1, 0.15) is 12.4 Å². The molecule has 0 saturated heterocycles. The standard InChI is InChI=1S/C19H22ClNO/c20-18-11-5-1-8-16(18)14-22-19-12-6-2-7-15(19)13-21-17-9-3-4-10-17/h1-2,5-8,11-12,17,21H,3-4,9-10,13-14H2. The van der Waals surface area contributed by atoms with Crippen LogP contribution in [0.1, 0.15) is 36.8 Å². The molecule has 1 N–H and O–H groups in total. The fourth-order valence-electron chi connectivity index (χ4n) is 2.95. The van der Waals surface area contributed by atoms with Crippen molar-refractivity contribution in [3.05, 3.63) is 64.7 Å². The minimum absolute atomic E-state index is 0.500. The van der Waals surface area contributed by atoms with Crippen molar-refractivity contribution >= 4 is 11.6 Å². The molecule has 0 atom stereocenters.